The summed E-state index contributed by atoms with van der Waals surface area (Å²) in [5, 5.41) is 6.19. The summed E-state index contributed by atoms with van der Waals surface area (Å²) in [6.45, 7) is 6.14. The van der Waals surface area contributed by atoms with Gasteiger partial charge in [0, 0.05) is 55.0 Å². The monoisotopic (exact) mass is 495 g/mol. The topological polar surface area (TPSA) is 69.7 Å². The van der Waals surface area contributed by atoms with Crippen molar-refractivity contribution in [3.05, 3.63) is 76.7 Å². The molecule has 7 nitrogen and oxygen atoms in total. The van der Waals surface area contributed by atoms with Gasteiger partial charge in [0.1, 0.15) is 5.82 Å². The third-order valence-corrected chi connectivity index (χ3v) is 6.87. The molecule has 0 aliphatic carbocycles. The first-order chi connectivity index (χ1) is 16.9. The van der Waals surface area contributed by atoms with Crippen LogP contribution in [0.15, 0.2) is 54.7 Å². The SMILES string of the molecule is CCOc1ncccc1C1(Nc2ccc(N3CCN(C)CC3)cc2)C(=O)Nc2cc(Cl)c(F)cc21. The van der Waals surface area contributed by atoms with Crippen molar-refractivity contribution in [1.29, 1.82) is 0 Å². The molecule has 0 spiro atoms. The molecule has 0 saturated carbocycles. The number of fused-ring (bicyclic) bond motifs is 1. The molecule has 1 amide bonds. The van der Waals surface area contributed by atoms with Crippen molar-refractivity contribution >= 4 is 34.6 Å². The van der Waals surface area contributed by atoms with Gasteiger partial charge >= 0.3 is 0 Å². The lowest BCUT2D eigenvalue weighted by atomic mass is 9.83. The largest absolute Gasteiger partial charge is 0.478 e. The summed E-state index contributed by atoms with van der Waals surface area (Å²) in [7, 11) is 2.12. The summed E-state index contributed by atoms with van der Waals surface area (Å²) < 4.78 is 20.5. The van der Waals surface area contributed by atoms with Gasteiger partial charge in [-0.2, -0.15) is 0 Å². The van der Waals surface area contributed by atoms with Crippen LogP contribution in [0.4, 0.5) is 21.5 Å². The van der Waals surface area contributed by atoms with Crippen LogP contribution in [0.2, 0.25) is 5.02 Å². The lowest BCUT2D eigenvalue weighted by molar-refractivity contribution is -0.118. The Kier molecular flexibility index (Phi) is 6.25. The van der Waals surface area contributed by atoms with Crippen LogP contribution >= 0.6 is 11.6 Å². The van der Waals surface area contributed by atoms with Crippen molar-refractivity contribution in [1.82, 2.24) is 9.88 Å². The minimum atomic E-state index is -1.46. The molecule has 2 aromatic carbocycles. The molecule has 1 unspecified atom stereocenters. The average molecular weight is 496 g/mol. The van der Waals surface area contributed by atoms with Crippen molar-refractivity contribution in [2.45, 2.75) is 12.5 Å². The number of aromatic nitrogens is 1. The highest BCUT2D eigenvalue weighted by Crippen LogP contribution is 2.47. The number of nitrogens with one attached hydrogen (secondary N) is 2. The zero-order chi connectivity index (χ0) is 24.6. The third-order valence-electron chi connectivity index (χ3n) is 6.58. The summed E-state index contributed by atoms with van der Waals surface area (Å²) in [6, 6.07) is 14.2. The number of rotatable bonds is 6. The second-order valence-electron chi connectivity index (χ2n) is 8.77. The number of hydrogen-bond acceptors (Lipinski definition) is 6. The summed E-state index contributed by atoms with van der Waals surface area (Å²) in [4.78, 5) is 22.6. The lowest BCUT2D eigenvalue weighted by Gasteiger charge is -2.34. The van der Waals surface area contributed by atoms with Gasteiger partial charge in [-0.25, -0.2) is 9.37 Å². The van der Waals surface area contributed by atoms with E-state index in [2.05, 4.69) is 32.5 Å². The van der Waals surface area contributed by atoms with E-state index >= 15 is 0 Å². The minimum Gasteiger partial charge on any atom is -0.478 e. The Labute approximate surface area is 208 Å². The van der Waals surface area contributed by atoms with E-state index in [1.165, 1.54) is 12.1 Å². The molecule has 9 heteroatoms. The van der Waals surface area contributed by atoms with E-state index in [0.29, 0.717) is 35.0 Å². The predicted octanol–water partition coefficient (Wildman–Crippen LogP) is 4.33. The van der Waals surface area contributed by atoms with Gasteiger partial charge in [-0.1, -0.05) is 11.6 Å². The maximum Gasteiger partial charge on any atom is 0.259 e. The number of anilines is 3. The standard InChI is InChI=1S/C26H27ClFN5O2/c1-3-35-24-19(5-4-10-29-24)26(20-15-22(28)21(27)16-23(20)30-25(26)34)31-17-6-8-18(9-7-17)33-13-11-32(2)12-14-33/h4-10,15-16,31H,3,11-14H2,1-2H3,(H,30,34). The average Bonchev–Trinajstić information content (AvgIpc) is 3.12. The number of pyridine rings is 1. The Hall–Kier alpha value is -3.36. The summed E-state index contributed by atoms with van der Waals surface area (Å²) in [5.41, 5.74) is 1.70. The maximum atomic E-state index is 14.7. The first-order valence-corrected chi connectivity index (χ1v) is 12.0. The van der Waals surface area contributed by atoms with Crippen LogP contribution < -0.4 is 20.3 Å². The van der Waals surface area contributed by atoms with Crippen molar-refractivity contribution in [3.63, 3.8) is 0 Å². The predicted molar refractivity (Wildman–Crippen MR) is 136 cm³/mol. The smallest absolute Gasteiger partial charge is 0.259 e. The highest BCUT2D eigenvalue weighted by Gasteiger charge is 2.51. The fourth-order valence-electron chi connectivity index (χ4n) is 4.72. The van der Waals surface area contributed by atoms with Gasteiger partial charge in [-0.15, -0.1) is 0 Å². The van der Waals surface area contributed by atoms with Gasteiger partial charge in [0.25, 0.3) is 5.91 Å². The van der Waals surface area contributed by atoms with E-state index in [9.17, 15) is 9.18 Å². The molecule has 5 rings (SSSR count). The molecule has 1 saturated heterocycles. The molecule has 0 radical (unpaired) electrons. The Balaban J connectivity index is 1.58. The van der Waals surface area contributed by atoms with Gasteiger partial charge in [0.15, 0.2) is 5.54 Å². The molecular weight excluding hydrogens is 469 g/mol. The van der Waals surface area contributed by atoms with E-state index < -0.39 is 11.4 Å². The highest BCUT2D eigenvalue weighted by molar-refractivity contribution is 6.31. The highest BCUT2D eigenvalue weighted by atomic mass is 35.5. The molecule has 35 heavy (non-hydrogen) atoms. The van der Waals surface area contributed by atoms with Crippen LogP contribution in [0, 0.1) is 5.82 Å². The van der Waals surface area contributed by atoms with Crippen LogP contribution in [-0.2, 0) is 10.3 Å². The number of nitrogens with zero attached hydrogens (tertiary/aromatic N) is 3. The van der Waals surface area contributed by atoms with Gasteiger partial charge in [-0.05, 0) is 62.5 Å². The van der Waals surface area contributed by atoms with Gasteiger partial charge in [0.2, 0.25) is 5.88 Å². The molecule has 1 aromatic heterocycles. The molecular formula is C26H27ClFN5O2. The Morgan fingerprint density at radius 2 is 1.89 bits per heavy atom. The summed E-state index contributed by atoms with van der Waals surface area (Å²) in [6.07, 6.45) is 1.60. The van der Waals surface area contributed by atoms with Crippen molar-refractivity contribution in [3.8, 4) is 5.88 Å². The van der Waals surface area contributed by atoms with E-state index in [1.54, 1.807) is 18.3 Å². The number of halogens is 2. The summed E-state index contributed by atoms with van der Waals surface area (Å²) in [5.74, 6) is -0.679. The molecule has 182 valence electrons. The van der Waals surface area contributed by atoms with Crippen LogP contribution in [0.25, 0.3) is 0 Å². The fraction of sp³-hybridized carbons (Fsp3) is 0.308. The molecule has 1 atom stereocenters. The van der Waals surface area contributed by atoms with Crippen LogP contribution in [0.1, 0.15) is 18.1 Å². The second kappa shape index (κ2) is 9.36. The minimum absolute atomic E-state index is 0.0624. The van der Waals surface area contributed by atoms with Gasteiger partial charge in [0.05, 0.1) is 17.2 Å². The first kappa shape index (κ1) is 23.4. The maximum absolute atomic E-state index is 14.7. The number of amides is 1. The molecule has 2 aliphatic rings. The van der Waals surface area contributed by atoms with E-state index in [4.69, 9.17) is 16.3 Å². The van der Waals surface area contributed by atoms with Gasteiger partial charge in [-0.3, -0.25) is 4.79 Å². The van der Waals surface area contributed by atoms with Crippen molar-refractivity contribution in [2.24, 2.45) is 0 Å². The zero-order valence-corrected chi connectivity index (χ0v) is 20.4. The van der Waals surface area contributed by atoms with E-state index in [-0.39, 0.29) is 10.9 Å². The number of carbonyl (C=O) groups is 1. The fourth-order valence-corrected chi connectivity index (χ4v) is 4.89. The normalized spacial score (nSPS) is 19.9. The van der Waals surface area contributed by atoms with Gasteiger partial charge < -0.3 is 25.2 Å². The number of ether oxygens (including phenoxy) is 1. The van der Waals surface area contributed by atoms with Crippen LogP contribution in [-0.4, -0.2) is 55.6 Å². The molecule has 3 heterocycles. The quantitative estimate of drug-likeness (QED) is 0.530. The first-order valence-electron chi connectivity index (χ1n) is 11.6. The third kappa shape index (κ3) is 4.17. The lowest BCUT2D eigenvalue weighted by Crippen LogP contribution is -2.44. The Morgan fingerprint density at radius 1 is 1.14 bits per heavy atom. The summed E-state index contributed by atoms with van der Waals surface area (Å²) >= 11 is 6.03. The number of hydrogen-bond donors (Lipinski definition) is 2. The Morgan fingerprint density at radius 3 is 2.60 bits per heavy atom. The number of carbonyl (C=O) groups excluding carboxylic acids is 1. The molecule has 3 aromatic rings. The van der Waals surface area contributed by atoms with Crippen molar-refractivity contribution < 1.29 is 13.9 Å². The number of likely N-dealkylation sites (N-methyl/N-ethyl adjacent to an activating group) is 1. The number of piperazine rings is 1. The van der Waals surface area contributed by atoms with E-state index in [1.807, 2.05) is 31.2 Å². The molecule has 1 fully saturated rings. The molecule has 2 N–H and O–H groups in total. The molecule has 0 bridgehead atoms. The Bertz CT molecular complexity index is 1250. The van der Waals surface area contributed by atoms with Crippen molar-refractivity contribution in [2.75, 3.05) is 55.4 Å². The second-order valence-corrected chi connectivity index (χ2v) is 9.17. The van der Waals surface area contributed by atoms with E-state index in [0.717, 1.165) is 31.9 Å². The molecule has 2 aliphatic heterocycles. The number of benzene rings is 2. The zero-order valence-electron chi connectivity index (χ0n) is 19.6. The van der Waals surface area contributed by atoms with Crippen LogP contribution in [0.3, 0.4) is 0 Å². The van der Waals surface area contributed by atoms with Crippen LogP contribution in [0.5, 0.6) is 5.88 Å².